The molecule has 0 saturated carbocycles. The average molecular weight is 160 g/mol. The van der Waals surface area contributed by atoms with Gasteiger partial charge < -0.3 is 0 Å². The second kappa shape index (κ2) is 3.81. The number of thioether (sulfide) groups is 1. The number of hydrogen-bond donors (Lipinski definition) is 0. The highest BCUT2D eigenvalue weighted by atomic mass is 32.2. The molecule has 1 rings (SSSR count). The average Bonchev–Trinajstić information content (AvgIpc) is 2.36. The molecule has 4 heteroatoms. The first kappa shape index (κ1) is 7.85. The van der Waals surface area contributed by atoms with Gasteiger partial charge in [-0.2, -0.15) is 0 Å². The third kappa shape index (κ3) is 1.62. The van der Waals surface area contributed by atoms with Crippen LogP contribution in [0.2, 0.25) is 0 Å². The number of rotatable bonds is 3. The monoisotopic (exact) mass is 160 g/mol. The highest BCUT2D eigenvalue weighted by Gasteiger charge is 2.23. The van der Waals surface area contributed by atoms with Crippen molar-refractivity contribution in [1.82, 2.24) is 5.01 Å². The summed E-state index contributed by atoms with van der Waals surface area (Å²) < 4.78 is 0. The highest BCUT2D eigenvalue weighted by Crippen LogP contribution is 2.26. The molecule has 1 heterocycles. The summed E-state index contributed by atoms with van der Waals surface area (Å²) in [7, 11) is 0. The van der Waals surface area contributed by atoms with Gasteiger partial charge in [0, 0.05) is 6.54 Å². The smallest absolute Gasteiger partial charge is 0.0954 e. The molecule has 0 bridgehead atoms. The van der Waals surface area contributed by atoms with Crippen molar-refractivity contribution in [2.45, 2.75) is 25.1 Å². The van der Waals surface area contributed by atoms with E-state index in [4.69, 9.17) is 0 Å². The Morgan fingerprint density at radius 2 is 2.60 bits per heavy atom. The topological polar surface area (TPSA) is 32.7 Å². The molecule has 0 N–H and O–H groups in total. The summed E-state index contributed by atoms with van der Waals surface area (Å²) in [4.78, 5) is 10.2. The van der Waals surface area contributed by atoms with Gasteiger partial charge >= 0.3 is 0 Å². The minimum atomic E-state index is 0.363. The molecular formula is C6H12N2OS. The van der Waals surface area contributed by atoms with Gasteiger partial charge in [-0.3, -0.25) is 0 Å². The zero-order valence-electron chi connectivity index (χ0n) is 6.12. The molecule has 1 fully saturated rings. The van der Waals surface area contributed by atoms with Gasteiger partial charge in [0.2, 0.25) is 0 Å². The van der Waals surface area contributed by atoms with Crippen molar-refractivity contribution in [3.05, 3.63) is 4.91 Å². The van der Waals surface area contributed by atoms with Crippen LogP contribution in [0.4, 0.5) is 0 Å². The molecule has 0 amide bonds. The van der Waals surface area contributed by atoms with Crippen LogP contribution < -0.4 is 0 Å². The summed E-state index contributed by atoms with van der Waals surface area (Å²) in [5, 5.41) is 4.96. The lowest BCUT2D eigenvalue weighted by Gasteiger charge is -2.15. The molecule has 0 radical (unpaired) electrons. The highest BCUT2D eigenvalue weighted by molar-refractivity contribution is 7.99. The maximum absolute atomic E-state index is 10.2. The Bertz CT molecular complexity index is 120. The molecule has 1 atom stereocenters. The Kier molecular flexibility index (Phi) is 2.99. The number of hydrogen-bond acceptors (Lipinski definition) is 3. The molecule has 0 aromatic rings. The van der Waals surface area contributed by atoms with Crippen molar-refractivity contribution >= 4 is 11.8 Å². The van der Waals surface area contributed by atoms with Crippen molar-refractivity contribution < 1.29 is 0 Å². The standard InChI is InChI=1S/C6H12N2OS/c1-2-10-6-4-3-5-8(6)7-9/h6H,2-5H2,1H3. The quantitative estimate of drug-likeness (QED) is 0.590. The van der Waals surface area contributed by atoms with Crippen LogP contribution in [0.5, 0.6) is 0 Å². The molecule has 1 aliphatic heterocycles. The van der Waals surface area contributed by atoms with E-state index in [2.05, 4.69) is 12.2 Å². The zero-order valence-corrected chi connectivity index (χ0v) is 6.93. The lowest BCUT2D eigenvalue weighted by Crippen LogP contribution is -2.20. The van der Waals surface area contributed by atoms with Crippen LogP contribution in [0, 0.1) is 4.91 Å². The molecular weight excluding hydrogens is 148 g/mol. The minimum absolute atomic E-state index is 0.363. The fraction of sp³-hybridized carbons (Fsp3) is 1.00. The summed E-state index contributed by atoms with van der Waals surface area (Å²) in [5.41, 5.74) is 0. The van der Waals surface area contributed by atoms with E-state index in [-0.39, 0.29) is 0 Å². The third-order valence-corrected chi connectivity index (χ3v) is 2.83. The van der Waals surface area contributed by atoms with Crippen LogP contribution in [0.1, 0.15) is 19.8 Å². The molecule has 10 heavy (non-hydrogen) atoms. The van der Waals surface area contributed by atoms with Gasteiger partial charge in [0.15, 0.2) is 0 Å². The first-order chi connectivity index (χ1) is 4.88. The minimum Gasteiger partial charge on any atom is -0.248 e. The molecule has 1 saturated heterocycles. The third-order valence-electron chi connectivity index (χ3n) is 1.63. The predicted octanol–water partition coefficient (Wildman–Crippen LogP) is 1.84. The van der Waals surface area contributed by atoms with Crippen molar-refractivity contribution in [2.24, 2.45) is 5.29 Å². The summed E-state index contributed by atoms with van der Waals surface area (Å²) in [6, 6.07) is 0. The molecule has 0 aliphatic carbocycles. The summed E-state index contributed by atoms with van der Waals surface area (Å²) in [6.45, 7) is 2.95. The van der Waals surface area contributed by atoms with Crippen LogP contribution in [0.25, 0.3) is 0 Å². The van der Waals surface area contributed by atoms with Crippen LogP contribution in [0.15, 0.2) is 5.29 Å². The van der Waals surface area contributed by atoms with Gasteiger partial charge in [0.05, 0.1) is 10.7 Å². The largest absolute Gasteiger partial charge is 0.248 e. The van der Waals surface area contributed by atoms with E-state index in [1.165, 1.54) is 0 Å². The van der Waals surface area contributed by atoms with Crippen LogP contribution in [-0.4, -0.2) is 22.7 Å². The van der Waals surface area contributed by atoms with Gasteiger partial charge in [-0.1, -0.05) is 6.92 Å². The fourth-order valence-corrected chi connectivity index (χ4v) is 2.21. The second-order valence-corrected chi connectivity index (χ2v) is 3.75. The Hall–Kier alpha value is -0.250. The SMILES string of the molecule is CCSC1CCCN1N=O. The van der Waals surface area contributed by atoms with Crippen molar-refractivity contribution in [3.8, 4) is 0 Å². The van der Waals surface area contributed by atoms with E-state index in [0.29, 0.717) is 5.37 Å². The second-order valence-electron chi connectivity index (χ2n) is 2.30. The maximum Gasteiger partial charge on any atom is 0.0954 e. The Balaban J connectivity index is 2.34. The van der Waals surface area contributed by atoms with Crippen LogP contribution >= 0.6 is 11.8 Å². The van der Waals surface area contributed by atoms with Crippen molar-refractivity contribution in [3.63, 3.8) is 0 Å². The van der Waals surface area contributed by atoms with Crippen LogP contribution in [0.3, 0.4) is 0 Å². The lowest BCUT2D eigenvalue weighted by atomic mass is 10.4. The molecule has 0 aromatic heterocycles. The van der Waals surface area contributed by atoms with E-state index < -0.39 is 0 Å². The molecule has 0 aromatic carbocycles. The fourth-order valence-electron chi connectivity index (χ4n) is 1.18. The first-order valence-corrected chi connectivity index (χ1v) is 4.65. The maximum atomic E-state index is 10.2. The molecule has 1 aliphatic rings. The van der Waals surface area contributed by atoms with Gasteiger partial charge in [-0.05, 0) is 18.6 Å². The molecule has 3 nitrogen and oxygen atoms in total. The van der Waals surface area contributed by atoms with E-state index in [0.717, 1.165) is 25.1 Å². The normalized spacial score (nSPS) is 25.3. The Morgan fingerprint density at radius 3 is 3.20 bits per heavy atom. The van der Waals surface area contributed by atoms with Gasteiger partial charge in [-0.15, -0.1) is 16.7 Å². The van der Waals surface area contributed by atoms with Crippen LogP contribution in [-0.2, 0) is 0 Å². The van der Waals surface area contributed by atoms with Gasteiger partial charge in [0.25, 0.3) is 0 Å². The number of nitrogens with zero attached hydrogens (tertiary/aromatic N) is 2. The first-order valence-electron chi connectivity index (χ1n) is 3.60. The molecule has 1 unspecified atom stereocenters. The predicted molar refractivity (Wildman–Crippen MR) is 43.7 cm³/mol. The van der Waals surface area contributed by atoms with E-state index in [9.17, 15) is 4.91 Å². The molecule has 0 spiro atoms. The lowest BCUT2D eigenvalue weighted by molar-refractivity contribution is 0.331. The summed E-state index contributed by atoms with van der Waals surface area (Å²) >= 11 is 1.80. The number of nitroso groups, excluding NO2 is 1. The Labute approximate surface area is 65.1 Å². The van der Waals surface area contributed by atoms with E-state index in [1.807, 2.05) is 0 Å². The van der Waals surface area contributed by atoms with E-state index in [1.54, 1.807) is 16.8 Å². The summed E-state index contributed by atoms with van der Waals surface area (Å²) in [5.74, 6) is 1.07. The zero-order chi connectivity index (χ0) is 7.40. The van der Waals surface area contributed by atoms with E-state index >= 15 is 0 Å². The van der Waals surface area contributed by atoms with Gasteiger partial charge in [-0.25, -0.2) is 5.01 Å². The molecule has 58 valence electrons. The summed E-state index contributed by atoms with van der Waals surface area (Å²) in [6.07, 6.45) is 2.23. The van der Waals surface area contributed by atoms with Crippen molar-refractivity contribution in [2.75, 3.05) is 12.3 Å². The Morgan fingerprint density at radius 1 is 1.80 bits per heavy atom. The van der Waals surface area contributed by atoms with Crippen molar-refractivity contribution in [1.29, 1.82) is 0 Å². The van der Waals surface area contributed by atoms with Gasteiger partial charge in [0.1, 0.15) is 0 Å².